The van der Waals surface area contributed by atoms with Gasteiger partial charge in [-0.15, -0.1) is 0 Å². The molecule has 21 heavy (non-hydrogen) atoms. The van der Waals surface area contributed by atoms with Crippen LogP contribution < -0.4 is 5.32 Å². The third kappa shape index (κ3) is 3.95. The molecule has 6 heteroatoms. The van der Waals surface area contributed by atoms with Crippen molar-refractivity contribution in [2.45, 2.75) is 19.9 Å². The first-order chi connectivity index (χ1) is 10.0. The molecule has 0 aliphatic carbocycles. The molecule has 0 spiro atoms. The number of nitrogens with one attached hydrogen (secondary N) is 1. The third-order valence-electron chi connectivity index (χ3n) is 3.16. The molecule has 0 atom stereocenters. The molecule has 1 N–H and O–H groups in total. The minimum atomic E-state index is -0.345. The highest BCUT2D eigenvalue weighted by Gasteiger charge is 2.13. The number of anilines is 1. The van der Waals surface area contributed by atoms with Crippen molar-refractivity contribution in [2.24, 2.45) is 0 Å². The van der Waals surface area contributed by atoms with Gasteiger partial charge in [-0.3, -0.25) is 10.1 Å². The minimum absolute atomic E-state index is 0.151. The topological polar surface area (TPSA) is 55.2 Å². The van der Waals surface area contributed by atoms with Crippen LogP contribution >= 0.6 is 27.5 Å². The number of aryl methyl sites for hydroxylation is 1. The number of nitro groups is 1. The van der Waals surface area contributed by atoms with Crippen LogP contribution in [0.1, 0.15) is 18.1 Å². The summed E-state index contributed by atoms with van der Waals surface area (Å²) < 4.78 is 0.905. The van der Waals surface area contributed by atoms with E-state index < -0.39 is 0 Å². The molecular formula is C15H14BrClN2O2. The molecule has 0 heterocycles. The Morgan fingerprint density at radius 1 is 1.24 bits per heavy atom. The van der Waals surface area contributed by atoms with Crippen LogP contribution in [0.5, 0.6) is 0 Å². The van der Waals surface area contributed by atoms with E-state index in [-0.39, 0.29) is 10.6 Å². The van der Waals surface area contributed by atoms with Gasteiger partial charge in [-0.05, 0) is 30.2 Å². The van der Waals surface area contributed by atoms with E-state index in [0.717, 1.165) is 21.3 Å². The van der Waals surface area contributed by atoms with E-state index in [1.165, 1.54) is 0 Å². The number of rotatable bonds is 5. The van der Waals surface area contributed by atoms with Crippen LogP contribution in [0, 0.1) is 10.1 Å². The van der Waals surface area contributed by atoms with E-state index >= 15 is 0 Å². The zero-order chi connectivity index (χ0) is 15.4. The van der Waals surface area contributed by atoms with Gasteiger partial charge in [0.2, 0.25) is 0 Å². The number of nitrogens with zero attached hydrogens (tertiary/aromatic N) is 1. The van der Waals surface area contributed by atoms with Crippen LogP contribution in [-0.2, 0) is 13.0 Å². The second-order valence-electron chi connectivity index (χ2n) is 4.54. The monoisotopic (exact) mass is 368 g/mol. The Bertz CT molecular complexity index is 677. The molecule has 2 aromatic rings. The fourth-order valence-corrected chi connectivity index (χ4v) is 2.83. The van der Waals surface area contributed by atoms with Crippen molar-refractivity contribution in [1.29, 1.82) is 0 Å². The van der Waals surface area contributed by atoms with Gasteiger partial charge in [0.1, 0.15) is 0 Å². The standard InChI is InChI=1S/C15H14BrClN2O2/c1-2-10-4-6-13(8-15(10)19(20)21)18-9-11-3-5-12(17)7-14(11)16/h3-8,18H,2,9H2,1H3. The van der Waals surface area contributed by atoms with Gasteiger partial charge in [-0.2, -0.15) is 0 Å². The Hall–Kier alpha value is -1.59. The molecule has 0 aliphatic rings. The Morgan fingerprint density at radius 2 is 1.95 bits per heavy atom. The lowest BCUT2D eigenvalue weighted by atomic mass is 10.1. The predicted octanol–water partition coefficient (Wildman–Crippen LogP) is 5.19. The summed E-state index contributed by atoms with van der Waals surface area (Å²) in [6, 6.07) is 10.8. The van der Waals surface area contributed by atoms with E-state index in [9.17, 15) is 10.1 Å². The molecule has 2 rings (SSSR count). The first-order valence-corrected chi connectivity index (χ1v) is 7.63. The van der Waals surface area contributed by atoms with Gasteiger partial charge in [-0.25, -0.2) is 0 Å². The molecule has 2 aromatic carbocycles. The average Bonchev–Trinajstić information content (AvgIpc) is 2.46. The number of benzene rings is 2. The largest absolute Gasteiger partial charge is 0.381 e. The zero-order valence-electron chi connectivity index (χ0n) is 11.4. The van der Waals surface area contributed by atoms with Crippen molar-refractivity contribution >= 4 is 38.9 Å². The molecule has 4 nitrogen and oxygen atoms in total. The Balaban J connectivity index is 2.16. The fourth-order valence-electron chi connectivity index (χ4n) is 2.01. The highest BCUT2D eigenvalue weighted by Crippen LogP contribution is 2.26. The maximum Gasteiger partial charge on any atom is 0.274 e. The smallest absolute Gasteiger partial charge is 0.274 e. The summed E-state index contributed by atoms with van der Waals surface area (Å²) >= 11 is 9.35. The van der Waals surface area contributed by atoms with Crippen LogP contribution in [0.4, 0.5) is 11.4 Å². The Kier molecular flexibility index (Phi) is 5.20. The highest BCUT2D eigenvalue weighted by molar-refractivity contribution is 9.10. The second kappa shape index (κ2) is 6.91. The third-order valence-corrected chi connectivity index (χ3v) is 4.13. The molecule has 0 unspecified atom stereocenters. The van der Waals surface area contributed by atoms with Gasteiger partial charge < -0.3 is 5.32 Å². The average molecular weight is 370 g/mol. The van der Waals surface area contributed by atoms with Gasteiger partial charge in [0.15, 0.2) is 0 Å². The molecule has 0 fully saturated rings. The predicted molar refractivity (Wildman–Crippen MR) is 89.0 cm³/mol. The highest BCUT2D eigenvalue weighted by atomic mass is 79.9. The van der Waals surface area contributed by atoms with Crippen LogP contribution in [-0.4, -0.2) is 4.92 Å². The molecule has 0 aromatic heterocycles. The van der Waals surface area contributed by atoms with E-state index in [1.807, 2.05) is 31.2 Å². The maximum absolute atomic E-state index is 11.1. The lowest BCUT2D eigenvalue weighted by Gasteiger charge is -2.09. The van der Waals surface area contributed by atoms with Crippen molar-refractivity contribution in [3.8, 4) is 0 Å². The van der Waals surface area contributed by atoms with Crippen LogP contribution in [0.25, 0.3) is 0 Å². The molecule has 0 aliphatic heterocycles. The van der Waals surface area contributed by atoms with Crippen molar-refractivity contribution < 1.29 is 4.92 Å². The van der Waals surface area contributed by atoms with Gasteiger partial charge in [0.25, 0.3) is 5.69 Å². The summed E-state index contributed by atoms with van der Waals surface area (Å²) in [4.78, 5) is 10.7. The van der Waals surface area contributed by atoms with E-state index in [1.54, 1.807) is 12.1 Å². The summed E-state index contributed by atoms with van der Waals surface area (Å²) in [7, 11) is 0. The van der Waals surface area contributed by atoms with E-state index in [0.29, 0.717) is 18.0 Å². The van der Waals surface area contributed by atoms with Crippen LogP contribution in [0.2, 0.25) is 5.02 Å². The molecule has 0 amide bonds. The molecule has 0 saturated carbocycles. The summed E-state index contributed by atoms with van der Waals surface area (Å²) in [5.74, 6) is 0. The fraction of sp³-hybridized carbons (Fsp3) is 0.200. The van der Waals surface area contributed by atoms with Gasteiger partial charge in [0.05, 0.1) is 4.92 Å². The Morgan fingerprint density at radius 3 is 2.57 bits per heavy atom. The SMILES string of the molecule is CCc1ccc(NCc2ccc(Cl)cc2Br)cc1[N+](=O)[O-]. The first-order valence-electron chi connectivity index (χ1n) is 6.46. The quantitative estimate of drug-likeness (QED) is 0.583. The normalized spacial score (nSPS) is 10.4. The number of halogens is 2. The lowest BCUT2D eigenvalue weighted by molar-refractivity contribution is -0.385. The van der Waals surface area contributed by atoms with Gasteiger partial charge in [0, 0.05) is 33.4 Å². The maximum atomic E-state index is 11.1. The number of hydrogen-bond acceptors (Lipinski definition) is 3. The zero-order valence-corrected chi connectivity index (χ0v) is 13.7. The second-order valence-corrected chi connectivity index (χ2v) is 5.83. The van der Waals surface area contributed by atoms with Gasteiger partial charge >= 0.3 is 0 Å². The summed E-state index contributed by atoms with van der Waals surface area (Å²) in [5.41, 5.74) is 2.64. The molecule has 0 bridgehead atoms. The van der Waals surface area contributed by atoms with E-state index in [4.69, 9.17) is 11.6 Å². The summed E-state index contributed by atoms with van der Waals surface area (Å²) in [6.07, 6.45) is 0.638. The number of hydrogen-bond donors (Lipinski definition) is 1. The van der Waals surface area contributed by atoms with Crippen molar-refractivity contribution in [1.82, 2.24) is 0 Å². The summed E-state index contributed by atoms with van der Waals surface area (Å²) in [5, 5.41) is 14.9. The molecule has 0 radical (unpaired) electrons. The van der Waals surface area contributed by atoms with E-state index in [2.05, 4.69) is 21.2 Å². The Labute approximate surface area is 136 Å². The van der Waals surface area contributed by atoms with Crippen LogP contribution in [0.3, 0.4) is 0 Å². The minimum Gasteiger partial charge on any atom is -0.381 e. The van der Waals surface area contributed by atoms with Gasteiger partial charge in [-0.1, -0.05) is 46.6 Å². The number of nitro benzene ring substituents is 1. The van der Waals surface area contributed by atoms with Crippen molar-refractivity contribution in [3.05, 3.63) is 67.1 Å². The molecule has 110 valence electrons. The first kappa shape index (κ1) is 15.8. The van der Waals surface area contributed by atoms with Crippen molar-refractivity contribution in [3.63, 3.8) is 0 Å². The summed E-state index contributed by atoms with van der Waals surface area (Å²) in [6.45, 7) is 2.46. The van der Waals surface area contributed by atoms with Crippen molar-refractivity contribution in [2.75, 3.05) is 5.32 Å². The lowest BCUT2D eigenvalue weighted by Crippen LogP contribution is -2.02. The van der Waals surface area contributed by atoms with Crippen LogP contribution in [0.15, 0.2) is 40.9 Å². The molecular weight excluding hydrogens is 356 g/mol. The molecule has 0 saturated heterocycles.